The number of hydrogen-bond donors (Lipinski definition) is 1. The normalized spacial score (nSPS) is 17.5. The van der Waals surface area contributed by atoms with Gasteiger partial charge in [0.25, 0.3) is 0 Å². The molecule has 19 heavy (non-hydrogen) atoms. The summed E-state index contributed by atoms with van der Waals surface area (Å²) in [6.07, 6.45) is 3.24. The molecule has 1 aromatic heterocycles. The molecular formula is C16H18N2S. The van der Waals surface area contributed by atoms with Crippen molar-refractivity contribution < 1.29 is 0 Å². The highest BCUT2D eigenvalue weighted by atomic mass is 32.1. The SMILES string of the molecule is CCc1[nH]c(C2CCc3ccccc32)nc(=S)c1C. The molecule has 1 heterocycles. The Morgan fingerprint density at radius 2 is 2.16 bits per heavy atom. The van der Waals surface area contributed by atoms with Gasteiger partial charge in [0.05, 0.1) is 0 Å². The minimum absolute atomic E-state index is 0.379. The predicted molar refractivity (Wildman–Crippen MR) is 80.1 cm³/mol. The van der Waals surface area contributed by atoms with Crippen molar-refractivity contribution in [2.24, 2.45) is 0 Å². The molecular weight excluding hydrogens is 252 g/mol. The summed E-state index contributed by atoms with van der Waals surface area (Å²) in [5.41, 5.74) is 5.20. The van der Waals surface area contributed by atoms with Crippen molar-refractivity contribution in [3.63, 3.8) is 0 Å². The van der Waals surface area contributed by atoms with Gasteiger partial charge in [0, 0.05) is 17.2 Å². The van der Waals surface area contributed by atoms with Gasteiger partial charge >= 0.3 is 0 Å². The van der Waals surface area contributed by atoms with Crippen molar-refractivity contribution >= 4 is 12.2 Å². The van der Waals surface area contributed by atoms with Crippen molar-refractivity contribution in [3.8, 4) is 0 Å². The molecule has 0 bridgehead atoms. The van der Waals surface area contributed by atoms with E-state index in [-0.39, 0.29) is 0 Å². The van der Waals surface area contributed by atoms with E-state index in [1.807, 2.05) is 0 Å². The summed E-state index contributed by atoms with van der Waals surface area (Å²) in [6, 6.07) is 8.67. The van der Waals surface area contributed by atoms with Crippen LogP contribution in [0.15, 0.2) is 24.3 Å². The van der Waals surface area contributed by atoms with Gasteiger partial charge in [0.2, 0.25) is 0 Å². The lowest BCUT2D eigenvalue weighted by atomic mass is 10.00. The Morgan fingerprint density at radius 3 is 2.95 bits per heavy atom. The van der Waals surface area contributed by atoms with E-state index in [1.54, 1.807) is 0 Å². The fraction of sp³-hybridized carbons (Fsp3) is 0.375. The molecule has 0 spiro atoms. The van der Waals surface area contributed by atoms with E-state index in [0.29, 0.717) is 5.92 Å². The lowest BCUT2D eigenvalue weighted by Gasteiger charge is -2.14. The molecule has 0 saturated carbocycles. The Morgan fingerprint density at radius 1 is 1.37 bits per heavy atom. The first-order chi connectivity index (χ1) is 9.20. The summed E-state index contributed by atoms with van der Waals surface area (Å²) >= 11 is 5.40. The number of aryl methyl sites for hydroxylation is 2. The third-order valence-electron chi connectivity index (χ3n) is 4.09. The Bertz CT molecular complexity index is 673. The maximum Gasteiger partial charge on any atom is 0.132 e. The third-order valence-corrected chi connectivity index (χ3v) is 4.49. The number of aromatic amines is 1. The minimum atomic E-state index is 0.379. The second-order valence-electron chi connectivity index (χ2n) is 5.17. The van der Waals surface area contributed by atoms with Crippen LogP contribution in [0.3, 0.4) is 0 Å². The molecule has 0 amide bonds. The Kier molecular flexibility index (Phi) is 3.23. The van der Waals surface area contributed by atoms with Gasteiger partial charge in [-0.15, -0.1) is 0 Å². The van der Waals surface area contributed by atoms with Gasteiger partial charge in [-0.1, -0.05) is 43.4 Å². The monoisotopic (exact) mass is 270 g/mol. The van der Waals surface area contributed by atoms with Crippen LogP contribution in [0, 0.1) is 11.6 Å². The fourth-order valence-corrected chi connectivity index (χ4v) is 3.18. The molecule has 3 heteroatoms. The summed E-state index contributed by atoms with van der Waals surface area (Å²) in [6.45, 7) is 4.21. The lowest BCUT2D eigenvalue weighted by molar-refractivity contribution is 0.713. The standard InChI is InChI=1S/C16H18N2S/c1-3-14-10(2)16(19)18-15(17-14)13-9-8-11-6-4-5-7-12(11)13/h4-7,13H,3,8-9H2,1-2H3,(H,17,18,19). The molecule has 2 aromatic rings. The quantitative estimate of drug-likeness (QED) is 0.833. The molecule has 98 valence electrons. The molecule has 2 nitrogen and oxygen atoms in total. The Balaban J connectivity index is 2.10. The van der Waals surface area contributed by atoms with E-state index in [1.165, 1.54) is 16.8 Å². The van der Waals surface area contributed by atoms with Crippen LogP contribution in [0.1, 0.15) is 47.5 Å². The van der Waals surface area contributed by atoms with E-state index < -0.39 is 0 Å². The van der Waals surface area contributed by atoms with Crippen LogP contribution < -0.4 is 0 Å². The maximum atomic E-state index is 5.40. The predicted octanol–water partition coefficient (Wildman–Crippen LogP) is 4.09. The van der Waals surface area contributed by atoms with Gasteiger partial charge < -0.3 is 4.98 Å². The molecule has 3 rings (SSSR count). The first kappa shape index (κ1) is 12.5. The smallest absolute Gasteiger partial charge is 0.132 e. The fourth-order valence-electron chi connectivity index (χ4n) is 2.96. The van der Waals surface area contributed by atoms with Crippen LogP contribution in [-0.2, 0) is 12.8 Å². The van der Waals surface area contributed by atoms with Gasteiger partial charge in [-0.3, -0.25) is 0 Å². The van der Waals surface area contributed by atoms with E-state index in [2.05, 4.69) is 48.1 Å². The van der Waals surface area contributed by atoms with Crippen LogP contribution >= 0.6 is 12.2 Å². The molecule has 1 N–H and O–H groups in total. The summed E-state index contributed by atoms with van der Waals surface area (Å²) < 4.78 is 0.745. The summed E-state index contributed by atoms with van der Waals surface area (Å²) in [5, 5.41) is 0. The summed E-state index contributed by atoms with van der Waals surface area (Å²) in [7, 11) is 0. The van der Waals surface area contributed by atoms with Crippen LogP contribution in [0.5, 0.6) is 0 Å². The van der Waals surface area contributed by atoms with Crippen molar-refractivity contribution in [2.75, 3.05) is 0 Å². The molecule has 1 atom stereocenters. The molecule has 1 unspecified atom stereocenters. The number of hydrogen-bond acceptors (Lipinski definition) is 2. The van der Waals surface area contributed by atoms with Crippen LogP contribution in [0.25, 0.3) is 0 Å². The van der Waals surface area contributed by atoms with E-state index >= 15 is 0 Å². The molecule has 0 saturated heterocycles. The maximum absolute atomic E-state index is 5.40. The molecule has 1 aliphatic carbocycles. The van der Waals surface area contributed by atoms with Crippen molar-refractivity contribution in [1.82, 2.24) is 9.97 Å². The molecule has 0 radical (unpaired) electrons. The topological polar surface area (TPSA) is 28.7 Å². The molecule has 1 aliphatic rings. The zero-order valence-electron chi connectivity index (χ0n) is 11.4. The average Bonchev–Trinajstić information content (AvgIpc) is 2.85. The Hall–Kier alpha value is -1.48. The van der Waals surface area contributed by atoms with E-state index in [0.717, 1.165) is 35.3 Å². The highest BCUT2D eigenvalue weighted by Gasteiger charge is 2.25. The average molecular weight is 270 g/mol. The first-order valence-corrected chi connectivity index (χ1v) is 7.29. The number of H-pyrrole nitrogens is 1. The minimum Gasteiger partial charge on any atom is -0.346 e. The molecule has 0 fully saturated rings. The number of nitrogens with one attached hydrogen (secondary N) is 1. The molecule has 1 aromatic carbocycles. The van der Waals surface area contributed by atoms with Crippen LogP contribution in [-0.4, -0.2) is 9.97 Å². The third kappa shape index (κ3) is 2.12. The highest BCUT2D eigenvalue weighted by Crippen LogP contribution is 2.36. The highest BCUT2D eigenvalue weighted by molar-refractivity contribution is 7.71. The van der Waals surface area contributed by atoms with Crippen molar-refractivity contribution in [3.05, 3.63) is 57.1 Å². The number of aromatic nitrogens is 2. The number of nitrogens with zero attached hydrogens (tertiary/aromatic N) is 1. The summed E-state index contributed by atoms with van der Waals surface area (Å²) in [5.74, 6) is 1.42. The number of rotatable bonds is 2. The molecule has 0 aliphatic heterocycles. The second kappa shape index (κ2) is 4.89. The largest absolute Gasteiger partial charge is 0.346 e. The van der Waals surface area contributed by atoms with Gasteiger partial charge in [-0.05, 0) is 37.3 Å². The number of benzene rings is 1. The van der Waals surface area contributed by atoms with Gasteiger partial charge in [-0.25, -0.2) is 4.98 Å². The lowest BCUT2D eigenvalue weighted by Crippen LogP contribution is -2.07. The summed E-state index contributed by atoms with van der Waals surface area (Å²) in [4.78, 5) is 8.13. The second-order valence-corrected chi connectivity index (χ2v) is 5.56. The van der Waals surface area contributed by atoms with E-state index in [9.17, 15) is 0 Å². The van der Waals surface area contributed by atoms with Gasteiger partial charge in [0.15, 0.2) is 0 Å². The van der Waals surface area contributed by atoms with Crippen LogP contribution in [0.4, 0.5) is 0 Å². The zero-order valence-corrected chi connectivity index (χ0v) is 12.2. The zero-order chi connectivity index (χ0) is 13.4. The Labute approximate surface area is 118 Å². The van der Waals surface area contributed by atoms with Crippen molar-refractivity contribution in [1.29, 1.82) is 0 Å². The van der Waals surface area contributed by atoms with Gasteiger partial charge in [0.1, 0.15) is 10.5 Å². The number of fused-ring (bicyclic) bond motifs is 1. The van der Waals surface area contributed by atoms with Crippen molar-refractivity contribution in [2.45, 2.75) is 39.0 Å². The van der Waals surface area contributed by atoms with E-state index in [4.69, 9.17) is 12.2 Å². The first-order valence-electron chi connectivity index (χ1n) is 6.88. The van der Waals surface area contributed by atoms with Gasteiger partial charge in [-0.2, -0.15) is 0 Å². The van der Waals surface area contributed by atoms with Crippen LogP contribution in [0.2, 0.25) is 0 Å².